The van der Waals surface area contributed by atoms with Gasteiger partial charge in [0.15, 0.2) is 0 Å². The molecule has 0 bridgehead atoms. The van der Waals surface area contributed by atoms with Crippen LogP contribution in [0.2, 0.25) is 0 Å². The monoisotopic (exact) mass is 239 g/mol. The summed E-state index contributed by atoms with van der Waals surface area (Å²) in [5.74, 6) is 0.195. The molecule has 0 fully saturated rings. The first-order valence-corrected chi connectivity index (χ1v) is 5.92. The Kier molecular flexibility index (Phi) is 3.47. The molecule has 18 heavy (non-hydrogen) atoms. The van der Waals surface area contributed by atoms with Crippen molar-refractivity contribution in [3.8, 4) is 11.1 Å². The molecule has 0 aromatic heterocycles. The zero-order valence-corrected chi connectivity index (χ0v) is 10.9. The van der Waals surface area contributed by atoms with Gasteiger partial charge in [0.2, 0.25) is 5.90 Å². The molecule has 0 saturated carbocycles. The fourth-order valence-electron chi connectivity index (χ4n) is 1.88. The minimum Gasteiger partial charge on any atom is -0.481 e. The molecule has 2 heteroatoms. The number of rotatable bonds is 2. The van der Waals surface area contributed by atoms with Crippen molar-refractivity contribution in [2.24, 2.45) is 0 Å². The number of ether oxygens (including phenoxy) is 1. The molecule has 0 aliphatic heterocycles. The van der Waals surface area contributed by atoms with Crippen LogP contribution in [0.1, 0.15) is 16.7 Å². The first-order valence-electron chi connectivity index (χ1n) is 5.92. The molecule has 0 aliphatic carbocycles. The maximum absolute atomic E-state index is 7.69. The topological polar surface area (TPSA) is 33.1 Å². The molecule has 0 spiro atoms. The molecule has 2 aromatic carbocycles. The van der Waals surface area contributed by atoms with Gasteiger partial charge < -0.3 is 4.74 Å². The summed E-state index contributed by atoms with van der Waals surface area (Å²) in [7, 11) is 1.52. The van der Waals surface area contributed by atoms with Crippen LogP contribution in [0.25, 0.3) is 11.1 Å². The Bertz CT molecular complexity index is 587. The van der Waals surface area contributed by atoms with Crippen molar-refractivity contribution < 1.29 is 4.74 Å². The third-order valence-corrected chi connectivity index (χ3v) is 3.17. The normalized spacial score (nSPS) is 10.2. The van der Waals surface area contributed by atoms with Crippen LogP contribution in [-0.4, -0.2) is 13.0 Å². The second kappa shape index (κ2) is 5.05. The summed E-state index contributed by atoms with van der Waals surface area (Å²) in [4.78, 5) is 0. The Morgan fingerprint density at radius 3 is 2.33 bits per heavy atom. The summed E-state index contributed by atoms with van der Waals surface area (Å²) in [5, 5.41) is 7.69. The summed E-state index contributed by atoms with van der Waals surface area (Å²) in [6.45, 7) is 4.22. The van der Waals surface area contributed by atoms with E-state index in [2.05, 4.69) is 38.1 Å². The van der Waals surface area contributed by atoms with E-state index in [1.54, 1.807) is 0 Å². The fraction of sp³-hybridized carbons (Fsp3) is 0.188. The SMILES string of the molecule is COC(=N)c1cccc(-c2ccc(C)c(C)c2)c1. The van der Waals surface area contributed by atoms with Crippen molar-refractivity contribution in [3.63, 3.8) is 0 Å². The maximum atomic E-state index is 7.69. The van der Waals surface area contributed by atoms with Crippen molar-refractivity contribution in [1.82, 2.24) is 0 Å². The average molecular weight is 239 g/mol. The molecule has 2 nitrogen and oxygen atoms in total. The molecule has 0 aliphatic rings. The van der Waals surface area contributed by atoms with Crippen LogP contribution in [0.15, 0.2) is 42.5 Å². The molecule has 2 rings (SSSR count). The van der Waals surface area contributed by atoms with Crippen LogP contribution in [0.5, 0.6) is 0 Å². The molecule has 0 saturated heterocycles. The van der Waals surface area contributed by atoms with E-state index in [1.165, 1.54) is 23.8 Å². The molecule has 92 valence electrons. The van der Waals surface area contributed by atoms with Gasteiger partial charge in [-0.2, -0.15) is 0 Å². The highest BCUT2D eigenvalue weighted by atomic mass is 16.5. The summed E-state index contributed by atoms with van der Waals surface area (Å²) >= 11 is 0. The first-order chi connectivity index (χ1) is 8.61. The van der Waals surface area contributed by atoms with Gasteiger partial charge in [-0.1, -0.05) is 30.3 Å². The number of aryl methyl sites for hydroxylation is 2. The molecule has 1 N–H and O–H groups in total. The number of hydrogen-bond acceptors (Lipinski definition) is 2. The third kappa shape index (κ3) is 2.43. The largest absolute Gasteiger partial charge is 0.481 e. The molecule has 0 heterocycles. The van der Waals surface area contributed by atoms with Gasteiger partial charge in [-0.3, -0.25) is 5.41 Å². The van der Waals surface area contributed by atoms with Gasteiger partial charge in [0.1, 0.15) is 0 Å². The summed E-state index contributed by atoms with van der Waals surface area (Å²) in [6.07, 6.45) is 0. The zero-order chi connectivity index (χ0) is 13.1. The standard InChI is InChI=1S/C16H17NO/c1-11-7-8-14(9-12(11)2)13-5-4-6-15(10-13)16(17)18-3/h4-10,17H,1-3H3. The Balaban J connectivity index is 2.44. The number of methoxy groups -OCH3 is 1. The lowest BCUT2D eigenvalue weighted by atomic mass is 9.99. The summed E-state index contributed by atoms with van der Waals surface area (Å²) < 4.78 is 4.95. The molecule has 0 radical (unpaired) electrons. The predicted molar refractivity (Wildman–Crippen MR) is 75.2 cm³/mol. The minimum absolute atomic E-state index is 0.195. The van der Waals surface area contributed by atoms with E-state index in [9.17, 15) is 0 Å². The van der Waals surface area contributed by atoms with Gasteiger partial charge in [-0.15, -0.1) is 0 Å². The highest BCUT2D eigenvalue weighted by molar-refractivity contribution is 5.92. The Morgan fingerprint density at radius 1 is 0.944 bits per heavy atom. The van der Waals surface area contributed by atoms with Gasteiger partial charge in [-0.25, -0.2) is 0 Å². The number of nitrogens with one attached hydrogen (secondary N) is 1. The van der Waals surface area contributed by atoms with Crippen LogP contribution in [-0.2, 0) is 4.74 Å². The predicted octanol–water partition coefficient (Wildman–Crippen LogP) is 3.94. The smallest absolute Gasteiger partial charge is 0.212 e. The van der Waals surface area contributed by atoms with Crippen LogP contribution in [0, 0.1) is 19.3 Å². The Hall–Kier alpha value is -2.09. The lowest BCUT2D eigenvalue weighted by Gasteiger charge is -2.08. The van der Waals surface area contributed by atoms with E-state index in [1.807, 2.05) is 18.2 Å². The van der Waals surface area contributed by atoms with Crippen molar-refractivity contribution in [3.05, 3.63) is 59.2 Å². The van der Waals surface area contributed by atoms with Crippen molar-refractivity contribution >= 4 is 5.90 Å². The molecular weight excluding hydrogens is 222 g/mol. The Labute approximate surface area is 108 Å². The first kappa shape index (κ1) is 12.4. The number of hydrogen-bond donors (Lipinski definition) is 1. The second-order valence-electron chi connectivity index (χ2n) is 4.41. The molecular formula is C16H17NO. The lowest BCUT2D eigenvalue weighted by molar-refractivity contribution is 0.401. The van der Waals surface area contributed by atoms with Gasteiger partial charge in [-0.05, 0) is 48.2 Å². The minimum atomic E-state index is 0.195. The van der Waals surface area contributed by atoms with Crippen LogP contribution in [0.3, 0.4) is 0 Å². The van der Waals surface area contributed by atoms with E-state index in [0.717, 1.165) is 11.1 Å². The highest BCUT2D eigenvalue weighted by Gasteiger charge is 2.04. The van der Waals surface area contributed by atoms with E-state index in [0.29, 0.717) is 0 Å². The van der Waals surface area contributed by atoms with Gasteiger partial charge in [0.05, 0.1) is 7.11 Å². The van der Waals surface area contributed by atoms with Gasteiger partial charge in [0, 0.05) is 5.56 Å². The average Bonchev–Trinajstić information content (AvgIpc) is 2.41. The van der Waals surface area contributed by atoms with E-state index in [-0.39, 0.29) is 5.90 Å². The quantitative estimate of drug-likeness (QED) is 0.625. The van der Waals surface area contributed by atoms with E-state index < -0.39 is 0 Å². The third-order valence-electron chi connectivity index (χ3n) is 3.17. The van der Waals surface area contributed by atoms with E-state index >= 15 is 0 Å². The summed E-state index contributed by atoms with van der Waals surface area (Å²) in [5.41, 5.74) is 5.65. The molecule has 0 atom stereocenters. The van der Waals surface area contributed by atoms with E-state index in [4.69, 9.17) is 10.1 Å². The summed E-state index contributed by atoms with van der Waals surface area (Å²) in [6, 6.07) is 14.3. The fourth-order valence-corrected chi connectivity index (χ4v) is 1.88. The highest BCUT2D eigenvalue weighted by Crippen LogP contribution is 2.23. The van der Waals surface area contributed by atoms with Crippen LogP contribution < -0.4 is 0 Å². The van der Waals surface area contributed by atoms with Crippen molar-refractivity contribution in [2.75, 3.05) is 7.11 Å². The molecule has 0 unspecified atom stereocenters. The van der Waals surface area contributed by atoms with Gasteiger partial charge in [0.25, 0.3) is 0 Å². The second-order valence-corrected chi connectivity index (χ2v) is 4.41. The van der Waals surface area contributed by atoms with Crippen LogP contribution >= 0.6 is 0 Å². The lowest BCUT2D eigenvalue weighted by Crippen LogP contribution is -2.00. The van der Waals surface area contributed by atoms with Gasteiger partial charge >= 0.3 is 0 Å². The maximum Gasteiger partial charge on any atom is 0.212 e. The molecule has 2 aromatic rings. The van der Waals surface area contributed by atoms with Crippen molar-refractivity contribution in [1.29, 1.82) is 5.41 Å². The Morgan fingerprint density at radius 2 is 1.67 bits per heavy atom. The molecule has 0 amide bonds. The van der Waals surface area contributed by atoms with Crippen LogP contribution in [0.4, 0.5) is 0 Å². The number of benzene rings is 2. The van der Waals surface area contributed by atoms with Crippen molar-refractivity contribution in [2.45, 2.75) is 13.8 Å². The zero-order valence-electron chi connectivity index (χ0n) is 10.9.